The summed E-state index contributed by atoms with van der Waals surface area (Å²) in [5.74, 6) is 1.02. The fourth-order valence-electron chi connectivity index (χ4n) is 4.78. The summed E-state index contributed by atoms with van der Waals surface area (Å²) >= 11 is 8.04. The Morgan fingerprint density at radius 1 is 1.11 bits per heavy atom. The summed E-state index contributed by atoms with van der Waals surface area (Å²) in [4.78, 5) is 31.9. The molecule has 3 aromatic rings. The molecule has 2 aromatic carbocycles. The van der Waals surface area contributed by atoms with Crippen LogP contribution in [0.2, 0.25) is 5.02 Å². The number of rotatable bonds is 8. The molecule has 188 valence electrons. The highest BCUT2D eigenvalue weighted by Gasteiger charge is 2.38. The van der Waals surface area contributed by atoms with Crippen molar-refractivity contribution in [2.24, 2.45) is 0 Å². The van der Waals surface area contributed by atoms with E-state index in [4.69, 9.17) is 16.3 Å². The third kappa shape index (κ3) is 5.30. The first kappa shape index (κ1) is 24.8. The number of benzene rings is 2. The number of hydrogen-bond acceptors (Lipinski definition) is 4. The van der Waals surface area contributed by atoms with Gasteiger partial charge in [-0.05, 0) is 72.0 Å². The van der Waals surface area contributed by atoms with Crippen LogP contribution in [0.1, 0.15) is 65.0 Å². The maximum atomic E-state index is 13.7. The van der Waals surface area contributed by atoms with Gasteiger partial charge in [-0.15, -0.1) is 11.3 Å². The number of fused-ring (bicyclic) bond motifs is 1. The number of thiophene rings is 1. The summed E-state index contributed by atoms with van der Waals surface area (Å²) in [6.45, 7) is 5.37. The second kappa shape index (κ2) is 10.7. The average molecular weight is 523 g/mol. The van der Waals surface area contributed by atoms with Crippen LogP contribution in [-0.4, -0.2) is 47.4 Å². The van der Waals surface area contributed by atoms with E-state index in [1.54, 1.807) is 40.5 Å². The van der Waals surface area contributed by atoms with Crippen molar-refractivity contribution in [3.05, 3.63) is 86.6 Å². The Balaban J connectivity index is 1.33. The van der Waals surface area contributed by atoms with Crippen LogP contribution in [0.25, 0.3) is 0 Å². The number of halogens is 1. The van der Waals surface area contributed by atoms with Crippen molar-refractivity contribution in [1.82, 2.24) is 9.80 Å². The minimum absolute atomic E-state index is 0.0494. The smallest absolute Gasteiger partial charge is 0.256 e. The minimum Gasteiger partial charge on any atom is -0.491 e. The monoisotopic (exact) mass is 522 g/mol. The van der Waals surface area contributed by atoms with Gasteiger partial charge in [-0.3, -0.25) is 9.59 Å². The van der Waals surface area contributed by atoms with Crippen molar-refractivity contribution in [2.45, 2.75) is 51.1 Å². The molecular weight excluding hydrogens is 492 g/mol. The van der Waals surface area contributed by atoms with Gasteiger partial charge in [0.2, 0.25) is 5.91 Å². The van der Waals surface area contributed by atoms with Gasteiger partial charge in [0, 0.05) is 17.5 Å². The van der Waals surface area contributed by atoms with E-state index >= 15 is 0 Å². The second-order valence-corrected chi connectivity index (χ2v) is 11.2. The van der Waals surface area contributed by atoms with Gasteiger partial charge in [0.05, 0.1) is 16.6 Å². The third-order valence-electron chi connectivity index (χ3n) is 7.03. The number of nitrogens with zero attached hydrogens (tertiary/aromatic N) is 2. The van der Waals surface area contributed by atoms with Crippen molar-refractivity contribution in [2.75, 3.05) is 19.7 Å². The molecule has 0 N–H and O–H groups in total. The molecule has 0 spiro atoms. The van der Waals surface area contributed by atoms with Gasteiger partial charge in [-0.2, -0.15) is 0 Å². The maximum Gasteiger partial charge on any atom is 0.256 e. The van der Waals surface area contributed by atoms with Crippen molar-refractivity contribution >= 4 is 34.8 Å². The predicted molar refractivity (Wildman–Crippen MR) is 144 cm³/mol. The second-order valence-electron chi connectivity index (χ2n) is 9.83. The number of hydrogen-bond donors (Lipinski definition) is 0. The Labute approximate surface area is 221 Å². The molecule has 2 amide bonds. The molecule has 0 radical (unpaired) electrons. The summed E-state index contributed by atoms with van der Waals surface area (Å²) in [6.07, 6.45) is 2.65. The lowest BCUT2D eigenvalue weighted by atomic mass is 10.00. The Hall–Kier alpha value is -2.83. The van der Waals surface area contributed by atoms with E-state index < -0.39 is 0 Å². The third-order valence-corrected chi connectivity index (χ3v) is 8.35. The lowest BCUT2D eigenvalue weighted by Gasteiger charge is -2.37. The molecule has 0 bridgehead atoms. The molecule has 1 fully saturated rings. The average Bonchev–Trinajstić information content (AvgIpc) is 3.61. The molecule has 2 heterocycles. The zero-order valence-electron chi connectivity index (χ0n) is 20.7. The van der Waals surface area contributed by atoms with Crippen LogP contribution in [0.4, 0.5) is 0 Å². The summed E-state index contributed by atoms with van der Waals surface area (Å²) in [6, 6.07) is 17.2. The summed E-state index contributed by atoms with van der Waals surface area (Å²) < 4.78 is 6.20. The number of amides is 2. The van der Waals surface area contributed by atoms with Crippen LogP contribution in [0.5, 0.6) is 5.75 Å². The standard InChI is InChI=1S/C29H31ClN2O3S/c1-19(2)20-7-11-22(12-8-20)35-18-26-24-14-16-36-27(24)13-15-31(26)28(33)17-32(21-9-10-21)29(34)23-5-3-4-6-25(23)30/h3-8,11-12,14,16,19,21,26H,9-10,13,15,17-18H2,1-2H3/t26-/m0/s1. The van der Waals surface area contributed by atoms with Gasteiger partial charge in [-0.25, -0.2) is 0 Å². The maximum absolute atomic E-state index is 13.7. The van der Waals surface area contributed by atoms with Crippen molar-refractivity contribution < 1.29 is 14.3 Å². The zero-order chi connectivity index (χ0) is 25.2. The van der Waals surface area contributed by atoms with E-state index in [0.29, 0.717) is 29.7 Å². The van der Waals surface area contributed by atoms with Gasteiger partial charge in [0.1, 0.15) is 18.9 Å². The molecule has 2 aliphatic rings. The molecular formula is C29H31ClN2O3S. The normalized spacial score (nSPS) is 17.1. The van der Waals surface area contributed by atoms with Gasteiger partial charge in [-0.1, -0.05) is 49.7 Å². The Bertz CT molecular complexity index is 1240. The predicted octanol–water partition coefficient (Wildman–Crippen LogP) is 6.33. The van der Waals surface area contributed by atoms with Crippen LogP contribution in [-0.2, 0) is 11.2 Å². The molecule has 1 aliphatic heterocycles. The van der Waals surface area contributed by atoms with Crippen LogP contribution < -0.4 is 4.74 Å². The number of ether oxygens (including phenoxy) is 1. The summed E-state index contributed by atoms with van der Waals surface area (Å²) in [5, 5.41) is 2.50. The van der Waals surface area contributed by atoms with Crippen molar-refractivity contribution in [1.29, 1.82) is 0 Å². The highest BCUT2D eigenvalue weighted by atomic mass is 35.5. The molecule has 0 unspecified atom stereocenters. The van der Waals surface area contributed by atoms with Gasteiger partial charge >= 0.3 is 0 Å². The number of carbonyl (C=O) groups is 2. The largest absolute Gasteiger partial charge is 0.491 e. The van der Waals surface area contributed by atoms with Gasteiger partial charge in [0.25, 0.3) is 5.91 Å². The molecule has 1 aliphatic carbocycles. The Morgan fingerprint density at radius 3 is 2.56 bits per heavy atom. The summed E-state index contributed by atoms with van der Waals surface area (Å²) in [5.41, 5.74) is 2.86. The van der Waals surface area contributed by atoms with E-state index in [1.807, 2.05) is 17.0 Å². The molecule has 0 saturated heterocycles. The van der Waals surface area contributed by atoms with Crippen LogP contribution in [0.3, 0.4) is 0 Å². The Morgan fingerprint density at radius 2 is 1.86 bits per heavy atom. The van der Waals surface area contributed by atoms with E-state index in [1.165, 1.54) is 10.4 Å². The summed E-state index contributed by atoms with van der Waals surface area (Å²) in [7, 11) is 0. The molecule has 5 nitrogen and oxygen atoms in total. The first-order chi connectivity index (χ1) is 17.4. The highest BCUT2D eigenvalue weighted by Crippen LogP contribution is 2.35. The molecule has 7 heteroatoms. The van der Waals surface area contributed by atoms with Gasteiger partial charge in [0.15, 0.2) is 0 Å². The van der Waals surface area contributed by atoms with Crippen molar-refractivity contribution in [3.63, 3.8) is 0 Å². The first-order valence-corrected chi connectivity index (χ1v) is 13.8. The quantitative estimate of drug-likeness (QED) is 0.347. The number of carbonyl (C=O) groups excluding carboxylic acids is 2. The molecule has 1 saturated carbocycles. The van der Waals surface area contributed by atoms with Crippen LogP contribution in [0.15, 0.2) is 60.0 Å². The first-order valence-electron chi connectivity index (χ1n) is 12.6. The molecule has 1 aromatic heterocycles. The minimum atomic E-state index is -0.186. The molecule has 5 rings (SSSR count). The molecule has 36 heavy (non-hydrogen) atoms. The zero-order valence-corrected chi connectivity index (χ0v) is 22.2. The van der Waals surface area contributed by atoms with Crippen LogP contribution in [0, 0.1) is 0 Å². The highest BCUT2D eigenvalue weighted by molar-refractivity contribution is 7.10. The molecule has 1 atom stereocenters. The van der Waals surface area contributed by atoms with E-state index in [0.717, 1.165) is 30.6 Å². The van der Waals surface area contributed by atoms with Crippen molar-refractivity contribution in [3.8, 4) is 5.75 Å². The topological polar surface area (TPSA) is 49.9 Å². The SMILES string of the molecule is CC(C)c1ccc(OC[C@H]2c3ccsc3CCN2C(=O)CN(C(=O)c2ccccc2Cl)C2CC2)cc1. The van der Waals surface area contributed by atoms with E-state index in [2.05, 4.69) is 37.4 Å². The van der Waals surface area contributed by atoms with Crippen LogP contribution >= 0.6 is 22.9 Å². The van der Waals surface area contributed by atoms with E-state index in [9.17, 15) is 9.59 Å². The lowest BCUT2D eigenvalue weighted by molar-refractivity contribution is -0.135. The van der Waals surface area contributed by atoms with E-state index in [-0.39, 0.29) is 30.4 Å². The Kier molecular flexibility index (Phi) is 7.35. The fourth-order valence-corrected chi connectivity index (χ4v) is 5.92. The fraction of sp³-hybridized carbons (Fsp3) is 0.379. The van der Waals surface area contributed by atoms with Gasteiger partial charge < -0.3 is 14.5 Å². The lowest BCUT2D eigenvalue weighted by Crippen LogP contribution is -2.48.